The Morgan fingerprint density at radius 3 is 2.95 bits per heavy atom. The Labute approximate surface area is 128 Å². The highest BCUT2D eigenvalue weighted by molar-refractivity contribution is 5.91. The van der Waals surface area contributed by atoms with E-state index in [1.165, 1.54) is 0 Å². The molecule has 0 spiro atoms. The molecule has 2 aliphatic rings. The van der Waals surface area contributed by atoms with E-state index in [0.29, 0.717) is 11.7 Å². The number of carbonyl (C=O) groups is 1. The summed E-state index contributed by atoms with van der Waals surface area (Å²) in [6, 6.07) is 0. The van der Waals surface area contributed by atoms with Gasteiger partial charge in [0.25, 0.3) is 11.7 Å². The van der Waals surface area contributed by atoms with E-state index in [9.17, 15) is 4.79 Å². The van der Waals surface area contributed by atoms with E-state index in [1.807, 2.05) is 18.0 Å². The molecular formula is C15H20N6O. The molecule has 2 fully saturated rings. The number of rotatable bonds is 1. The van der Waals surface area contributed by atoms with Gasteiger partial charge in [-0.15, -0.1) is 5.10 Å². The van der Waals surface area contributed by atoms with E-state index in [1.54, 1.807) is 10.7 Å². The number of nitrogens with zero attached hydrogens (tertiary/aromatic N) is 6. The van der Waals surface area contributed by atoms with Gasteiger partial charge in [-0.1, -0.05) is 6.92 Å². The fourth-order valence-electron chi connectivity index (χ4n) is 3.89. The molecule has 22 heavy (non-hydrogen) atoms. The summed E-state index contributed by atoms with van der Waals surface area (Å²) in [6.07, 6.45) is 3.57. The normalized spacial score (nSPS) is 28.5. The van der Waals surface area contributed by atoms with Gasteiger partial charge in [-0.3, -0.25) is 4.79 Å². The van der Waals surface area contributed by atoms with E-state index in [4.69, 9.17) is 0 Å². The molecule has 4 heterocycles. The van der Waals surface area contributed by atoms with Crippen LogP contribution in [0.25, 0.3) is 5.78 Å². The molecule has 7 nitrogen and oxygen atoms in total. The molecule has 0 radical (unpaired) electrons. The summed E-state index contributed by atoms with van der Waals surface area (Å²) in [5.41, 5.74) is 1.18. The minimum atomic E-state index is -0.0820. The maximum Gasteiger partial charge on any atom is 0.293 e. The Balaban J connectivity index is 1.59. The van der Waals surface area contributed by atoms with E-state index in [-0.39, 0.29) is 17.1 Å². The number of hydrogen-bond donors (Lipinski definition) is 0. The number of fused-ring (bicyclic) bond motifs is 2. The minimum absolute atomic E-state index is 0.0820. The summed E-state index contributed by atoms with van der Waals surface area (Å²) in [7, 11) is 2.15. The van der Waals surface area contributed by atoms with Crippen molar-refractivity contribution in [2.75, 3.05) is 33.2 Å². The number of aryl methyl sites for hydroxylation is 1. The average Bonchev–Trinajstić information content (AvgIpc) is 3.06. The van der Waals surface area contributed by atoms with E-state index in [0.717, 1.165) is 31.7 Å². The van der Waals surface area contributed by atoms with Crippen LogP contribution in [0.4, 0.5) is 0 Å². The van der Waals surface area contributed by atoms with Crippen LogP contribution in [-0.4, -0.2) is 68.5 Å². The highest BCUT2D eigenvalue weighted by atomic mass is 16.2. The quantitative estimate of drug-likeness (QED) is 0.765. The Morgan fingerprint density at radius 2 is 2.18 bits per heavy atom. The van der Waals surface area contributed by atoms with Gasteiger partial charge in [-0.05, 0) is 25.5 Å². The smallest absolute Gasteiger partial charge is 0.293 e. The van der Waals surface area contributed by atoms with E-state index < -0.39 is 0 Å². The van der Waals surface area contributed by atoms with Crippen molar-refractivity contribution < 1.29 is 4.79 Å². The summed E-state index contributed by atoms with van der Waals surface area (Å²) in [4.78, 5) is 25.4. The third kappa shape index (κ3) is 1.99. The molecule has 1 amide bonds. The lowest BCUT2D eigenvalue weighted by Crippen LogP contribution is -2.35. The third-order valence-electron chi connectivity index (χ3n) is 4.94. The van der Waals surface area contributed by atoms with Crippen LogP contribution in [0.1, 0.15) is 23.1 Å². The first kappa shape index (κ1) is 13.6. The van der Waals surface area contributed by atoms with Gasteiger partial charge in [0.15, 0.2) is 0 Å². The van der Waals surface area contributed by atoms with E-state index >= 15 is 0 Å². The molecule has 0 saturated carbocycles. The molecule has 2 atom stereocenters. The van der Waals surface area contributed by atoms with Gasteiger partial charge in [0.2, 0.25) is 5.82 Å². The monoisotopic (exact) mass is 300 g/mol. The second-order valence-corrected chi connectivity index (χ2v) is 7.04. The van der Waals surface area contributed by atoms with Crippen molar-refractivity contribution in [3.8, 4) is 0 Å². The fourth-order valence-corrected chi connectivity index (χ4v) is 3.89. The molecule has 0 aliphatic carbocycles. The number of amides is 1. The fraction of sp³-hybridized carbons (Fsp3) is 0.600. The molecule has 0 N–H and O–H groups in total. The lowest BCUT2D eigenvalue weighted by molar-refractivity contribution is 0.0753. The number of hydrogen-bond acceptors (Lipinski definition) is 5. The van der Waals surface area contributed by atoms with Crippen molar-refractivity contribution in [3.63, 3.8) is 0 Å². The van der Waals surface area contributed by atoms with Crippen LogP contribution < -0.4 is 0 Å². The van der Waals surface area contributed by atoms with Crippen LogP contribution in [0.5, 0.6) is 0 Å². The highest BCUT2D eigenvalue weighted by Crippen LogP contribution is 2.41. The van der Waals surface area contributed by atoms with Gasteiger partial charge in [-0.25, -0.2) is 9.50 Å². The molecule has 2 aromatic heterocycles. The van der Waals surface area contributed by atoms with Crippen LogP contribution in [0.3, 0.4) is 0 Å². The number of likely N-dealkylation sites (tertiary alicyclic amines) is 2. The summed E-state index contributed by atoms with van der Waals surface area (Å²) < 4.78 is 1.58. The van der Waals surface area contributed by atoms with Gasteiger partial charge < -0.3 is 9.80 Å². The molecule has 7 heteroatoms. The first-order valence-electron chi connectivity index (χ1n) is 7.61. The van der Waals surface area contributed by atoms with Crippen LogP contribution >= 0.6 is 0 Å². The van der Waals surface area contributed by atoms with Gasteiger partial charge in [-0.2, -0.15) is 4.98 Å². The summed E-state index contributed by atoms with van der Waals surface area (Å²) in [5, 5.41) is 4.29. The van der Waals surface area contributed by atoms with Crippen molar-refractivity contribution in [2.45, 2.75) is 13.8 Å². The predicted octanol–water partition coefficient (Wildman–Crippen LogP) is 0.456. The Morgan fingerprint density at radius 1 is 1.36 bits per heavy atom. The first-order valence-corrected chi connectivity index (χ1v) is 7.61. The maximum atomic E-state index is 12.7. The Bertz CT molecular complexity index is 756. The molecule has 116 valence electrons. The molecule has 0 unspecified atom stereocenters. The SMILES string of the molecule is Cc1cnc2nc(C(=O)N3C[C@H]4CN(C)C[C@@]4(C)C3)nn2c1. The lowest BCUT2D eigenvalue weighted by Gasteiger charge is -2.23. The number of carbonyl (C=O) groups excluding carboxylic acids is 1. The molecule has 2 saturated heterocycles. The molecule has 4 rings (SSSR count). The summed E-state index contributed by atoms with van der Waals surface area (Å²) in [6.45, 7) is 7.88. The van der Waals surface area contributed by atoms with E-state index in [2.05, 4.69) is 33.9 Å². The van der Waals surface area contributed by atoms with Gasteiger partial charge in [0, 0.05) is 44.0 Å². The van der Waals surface area contributed by atoms with Gasteiger partial charge in [0.1, 0.15) is 0 Å². The zero-order chi connectivity index (χ0) is 15.5. The number of aromatic nitrogens is 4. The van der Waals surface area contributed by atoms with Crippen molar-refractivity contribution in [1.82, 2.24) is 29.4 Å². The minimum Gasteiger partial charge on any atom is -0.335 e. The van der Waals surface area contributed by atoms with Crippen molar-refractivity contribution in [2.24, 2.45) is 11.3 Å². The highest BCUT2D eigenvalue weighted by Gasteiger charge is 2.49. The van der Waals surface area contributed by atoms with Crippen LogP contribution in [0.15, 0.2) is 12.4 Å². The predicted molar refractivity (Wildman–Crippen MR) is 80.5 cm³/mol. The van der Waals surface area contributed by atoms with Crippen molar-refractivity contribution >= 4 is 11.7 Å². The summed E-state index contributed by atoms with van der Waals surface area (Å²) in [5.74, 6) is 1.18. The first-order chi connectivity index (χ1) is 10.4. The molecule has 0 bridgehead atoms. The third-order valence-corrected chi connectivity index (χ3v) is 4.94. The lowest BCUT2D eigenvalue weighted by atomic mass is 9.83. The van der Waals surface area contributed by atoms with Crippen LogP contribution in [-0.2, 0) is 0 Å². The van der Waals surface area contributed by atoms with Gasteiger partial charge in [0.05, 0.1) is 0 Å². The van der Waals surface area contributed by atoms with Crippen molar-refractivity contribution in [3.05, 3.63) is 23.8 Å². The largest absolute Gasteiger partial charge is 0.335 e. The zero-order valence-corrected chi connectivity index (χ0v) is 13.2. The zero-order valence-electron chi connectivity index (χ0n) is 13.2. The topological polar surface area (TPSA) is 66.6 Å². The molecular weight excluding hydrogens is 280 g/mol. The molecule has 0 aromatic carbocycles. The molecule has 2 aliphatic heterocycles. The summed E-state index contributed by atoms with van der Waals surface area (Å²) >= 11 is 0. The second-order valence-electron chi connectivity index (χ2n) is 7.04. The van der Waals surface area contributed by atoms with Crippen LogP contribution in [0.2, 0.25) is 0 Å². The van der Waals surface area contributed by atoms with Crippen molar-refractivity contribution in [1.29, 1.82) is 0 Å². The molecule has 2 aromatic rings. The Hall–Kier alpha value is -2.02. The maximum absolute atomic E-state index is 12.7. The van der Waals surface area contributed by atoms with Gasteiger partial charge >= 0.3 is 0 Å². The Kier molecular flexibility index (Phi) is 2.78. The van der Waals surface area contributed by atoms with Crippen LogP contribution in [0, 0.1) is 18.3 Å². The standard InChI is InChI=1S/C15H20N6O/c1-10-4-16-14-17-12(18-21(14)5-10)13(22)20-7-11-6-19(3)8-15(11,2)9-20/h4-5,11H,6-9H2,1-3H3/t11-,15+/m1/s1. The average molecular weight is 300 g/mol. The second kappa shape index (κ2) is 4.49.